The van der Waals surface area contributed by atoms with Gasteiger partial charge in [-0.05, 0) is 13.0 Å². The second-order valence-corrected chi connectivity index (χ2v) is 5.67. The van der Waals surface area contributed by atoms with Gasteiger partial charge in [-0.3, -0.25) is 0 Å². The Morgan fingerprint density at radius 2 is 2.11 bits per heavy atom. The zero-order valence-electron chi connectivity index (χ0n) is 10.2. The minimum Gasteiger partial charge on any atom is -0.475 e. The third-order valence-electron chi connectivity index (χ3n) is 2.21. The quantitative estimate of drug-likeness (QED) is 0.601. The maximum atomic E-state index is 10.8. The van der Waals surface area contributed by atoms with Gasteiger partial charge >= 0.3 is 5.97 Å². The molecule has 3 N–H and O–H groups in total. The molecule has 7 nitrogen and oxygen atoms in total. The Balaban J connectivity index is 2.38. The fourth-order valence-corrected chi connectivity index (χ4v) is 1.82. The lowest BCUT2D eigenvalue weighted by atomic mass is 10.2. The van der Waals surface area contributed by atoms with Crippen LogP contribution >= 0.6 is 0 Å². The summed E-state index contributed by atoms with van der Waals surface area (Å²) in [6.07, 6.45) is 1.09. The Morgan fingerprint density at radius 3 is 2.61 bits per heavy atom. The molecule has 18 heavy (non-hydrogen) atoms. The van der Waals surface area contributed by atoms with Crippen LogP contribution in [-0.2, 0) is 16.6 Å². The Bertz CT molecular complexity index is 520. The summed E-state index contributed by atoms with van der Waals surface area (Å²) >= 11 is 0. The van der Waals surface area contributed by atoms with Crippen LogP contribution in [0.2, 0.25) is 0 Å². The molecule has 1 heterocycles. The number of carboxylic acid groups (broad SMARTS) is 1. The summed E-state index contributed by atoms with van der Waals surface area (Å²) < 4.78 is 28.9. The highest BCUT2D eigenvalue weighted by Crippen LogP contribution is 2.14. The number of aryl methyl sites for hydroxylation is 1. The molecule has 0 aliphatic rings. The van der Waals surface area contributed by atoms with Crippen LogP contribution in [-0.4, -0.2) is 38.8 Å². The van der Waals surface area contributed by atoms with Crippen LogP contribution in [0.25, 0.3) is 0 Å². The predicted octanol–water partition coefficient (Wildman–Crippen LogP) is -0.0750. The lowest BCUT2D eigenvalue weighted by Crippen LogP contribution is -2.30. The van der Waals surface area contributed by atoms with Crippen molar-refractivity contribution in [2.75, 3.05) is 19.3 Å². The number of carboxylic acids is 1. The molecule has 0 saturated heterocycles. The third-order valence-corrected chi connectivity index (χ3v) is 2.94. The van der Waals surface area contributed by atoms with Crippen LogP contribution in [0.1, 0.15) is 21.9 Å². The average molecular weight is 276 g/mol. The Labute approximate surface area is 105 Å². The second kappa shape index (κ2) is 5.98. The molecule has 0 unspecified atom stereocenters. The summed E-state index contributed by atoms with van der Waals surface area (Å²) in [4.78, 5) is 10.7. The molecule has 0 spiro atoms. The van der Waals surface area contributed by atoms with Crippen LogP contribution in [0.15, 0.2) is 10.5 Å². The fraction of sp³-hybridized carbons (Fsp3) is 0.500. The first-order valence-electron chi connectivity index (χ1n) is 5.27. The number of hydrogen-bond donors (Lipinski definition) is 3. The molecule has 0 saturated carbocycles. The van der Waals surface area contributed by atoms with E-state index in [1.807, 2.05) is 0 Å². The van der Waals surface area contributed by atoms with E-state index in [2.05, 4.69) is 10.0 Å². The molecule has 0 aliphatic heterocycles. The van der Waals surface area contributed by atoms with E-state index in [-0.39, 0.29) is 12.3 Å². The Hall–Kier alpha value is -1.38. The monoisotopic (exact) mass is 276 g/mol. The van der Waals surface area contributed by atoms with Crippen LogP contribution in [0, 0.1) is 6.92 Å². The first kappa shape index (κ1) is 14.7. The van der Waals surface area contributed by atoms with Gasteiger partial charge in [0.15, 0.2) is 0 Å². The van der Waals surface area contributed by atoms with Crippen molar-refractivity contribution in [1.29, 1.82) is 0 Å². The van der Waals surface area contributed by atoms with Crippen molar-refractivity contribution in [2.45, 2.75) is 13.5 Å². The molecule has 0 bridgehead atoms. The largest absolute Gasteiger partial charge is 0.475 e. The molecule has 8 heteroatoms. The normalized spacial score (nSPS) is 11.7. The van der Waals surface area contributed by atoms with Gasteiger partial charge in [0.05, 0.1) is 6.26 Å². The Kier molecular flexibility index (Phi) is 4.88. The third kappa shape index (κ3) is 4.86. The van der Waals surface area contributed by atoms with E-state index >= 15 is 0 Å². The van der Waals surface area contributed by atoms with Crippen molar-refractivity contribution in [3.8, 4) is 0 Å². The highest BCUT2D eigenvalue weighted by atomic mass is 32.2. The zero-order valence-corrected chi connectivity index (χ0v) is 11.0. The SMILES string of the molecule is Cc1oc(C(=O)O)cc1CNCCNS(C)(=O)=O. The van der Waals surface area contributed by atoms with Crippen molar-refractivity contribution in [3.05, 3.63) is 23.2 Å². The smallest absolute Gasteiger partial charge is 0.371 e. The molecule has 0 amide bonds. The molecule has 1 rings (SSSR count). The van der Waals surface area contributed by atoms with Gasteiger partial charge in [-0.25, -0.2) is 17.9 Å². The van der Waals surface area contributed by atoms with Gasteiger partial charge in [0.1, 0.15) is 5.76 Å². The summed E-state index contributed by atoms with van der Waals surface area (Å²) in [5.74, 6) is -0.669. The topological polar surface area (TPSA) is 109 Å². The average Bonchev–Trinajstić information content (AvgIpc) is 2.58. The van der Waals surface area contributed by atoms with E-state index < -0.39 is 16.0 Å². The predicted molar refractivity (Wildman–Crippen MR) is 65.0 cm³/mol. The maximum Gasteiger partial charge on any atom is 0.371 e. The van der Waals surface area contributed by atoms with Gasteiger partial charge in [0.25, 0.3) is 0 Å². The minimum absolute atomic E-state index is 0.0986. The highest BCUT2D eigenvalue weighted by molar-refractivity contribution is 7.88. The van der Waals surface area contributed by atoms with Crippen LogP contribution in [0.5, 0.6) is 0 Å². The van der Waals surface area contributed by atoms with Gasteiger partial charge in [0.2, 0.25) is 15.8 Å². The molecule has 0 radical (unpaired) electrons. The van der Waals surface area contributed by atoms with E-state index in [1.54, 1.807) is 6.92 Å². The first-order valence-corrected chi connectivity index (χ1v) is 7.16. The lowest BCUT2D eigenvalue weighted by Gasteiger charge is -2.04. The van der Waals surface area contributed by atoms with Crippen molar-refractivity contribution >= 4 is 16.0 Å². The lowest BCUT2D eigenvalue weighted by molar-refractivity contribution is 0.0661. The number of rotatable bonds is 7. The van der Waals surface area contributed by atoms with Gasteiger partial charge in [-0.1, -0.05) is 0 Å². The van der Waals surface area contributed by atoms with Crippen molar-refractivity contribution in [3.63, 3.8) is 0 Å². The Morgan fingerprint density at radius 1 is 1.44 bits per heavy atom. The van der Waals surface area contributed by atoms with Gasteiger partial charge in [-0.2, -0.15) is 0 Å². The number of aromatic carboxylic acids is 1. The molecule has 0 fully saturated rings. The molecule has 1 aromatic heterocycles. The number of hydrogen-bond acceptors (Lipinski definition) is 5. The summed E-state index contributed by atoms with van der Waals surface area (Å²) in [7, 11) is -3.17. The van der Waals surface area contributed by atoms with E-state index in [0.29, 0.717) is 18.8 Å². The van der Waals surface area contributed by atoms with E-state index in [1.165, 1.54) is 6.07 Å². The standard InChI is InChI=1S/C10H16N2O5S/c1-7-8(5-9(17-7)10(13)14)6-11-3-4-12-18(2,15)16/h5,11-12H,3-4,6H2,1-2H3,(H,13,14). The highest BCUT2D eigenvalue weighted by Gasteiger charge is 2.12. The number of sulfonamides is 1. The number of carbonyl (C=O) groups is 1. The van der Waals surface area contributed by atoms with Gasteiger partial charge in [-0.15, -0.1) is 0 Å². The minimum atomic E-state index is -3.17. The number of nitrogens with one attached hydrogen (secondary N) is 2. The van der Waals surface area contributed by atoms with E-state index in [4.69, 9.17) is 9.52 Å². The molecule has 0 aliphatic carbocycles. The van der Waals surface area contributed by atoms with Gasteiger partial charge < -0.3 is 14.8 Å². The summed E-state index contributed by atoms with van der Waals surface area (Å²) in [6.45, 7) is 2.83. The van der Waals surface area contributed by atoms with Crippen molar-refractivity contribution < 1.29 is 22.7 Å². The van der Waals surface area contributed by atoms with Crippen LogP contribution < -0.4 is 10.0 Å². The fourth-order valence-electron chi connectivity index (χ4n) is 1.35. The summed E-state index contributed by atoms with van der Waals surface area (Å²) in [5.41, 5.74) is 0.742. The van der Waals surface area contributed by atoms with Crippen molar-refractivity contribution in [1.82, 2.24) is 10.0 Å². The maximum absolute atomic E-state index is 10.8. The molecule has 0 aromatic carbocycles. The molecular formula is C10H16N2O5S. The van der Waals surface area contributed by atoms with Crippen LogP contribution in [0.4, 0.5) is 0 Å². The van der Waals surface area contributed by atoms with Crippen molar-refractivity contribution in [2.24, 2.45) is 0 Å². The molecule has 1 aromatic rings. The summed E-state index contributed by atoms with van der Waals surface area (Å²) in [5, 5.41) is 11.7. The van der Waals surface area contributed by atoms with E-state index in [9.17, 15) is 13.2 Å². The first-order chi connectivity index (χ1) is 8.29. The second-order valence-electron chi connectivity index (χ2n) is 3.84. The molecule has 0 atom stereocenters. The summed E-state index contributed by atoms with van der Waals surface area (Å²) in [6, 6.07) is 1.45. The van der Waals surface area contributed by atoms with E-state index in [0.717, 1.165) is 11.8 Å². The molecular weight excluding hydrogens is 260 g/mol. The number of furan rings is 1. The van der Waals surface area contributed by atoms with Gasteiger partial charge in [0, 0.05) is 25.2 Å². The van der Waals surface area contributed by atoms with Crippen LogP contribution in [0.3, 0.4) is 0 Å². The zero-order chi connectivity index (χ0) is 13.8. The molecule has 102 valence electrons.